The van der Waals surface area contributed by atoms with Crippen molar-refractivity contribution in [3.05, 3.63) is 0 Å². The summed E-state index contributed by atoms with van der Waals surface area (Å²) in [6.07, 6.45) is 4.26. The van der Waals surface area contributed by atoms with Crippen LogP contribution < -0.4 is 5.32 Å². The fourth-order valence-corrected chi connectivity index (χ4v) is 4.75. The maximum Gasteiger partial charge on any atom is 0.362 e. The Hall–Kier alpha value is -1.39. The number of fused-ring (bicyclic) bond motifs is 1. The van der Waals surface area contributed by atoms with E-state index in [0.717, 1.165) is 38.8 Å². The second-order valence-corrected chi connectivity index (χ2v) is 8.13. The van der Waals surface area contributed by atoms with Crippen LogP contribution in [0.4, 0.5) is 4.79 Å². The van der Waals surface area contributed by atoms with E-state index >= 15 is 0 Å². The van der Waals surface area contributed by atoms with Crippen LogP contribution in [-0.4, -0.2) is 83.8 Å². The summed E-state index contributed by atoms with van der Waals surface area (Å²) in [6, 6.07) is -1.67. The lowest BCUT2D eigenvalue weighted by Crippen LogP contribution is -2.69. The first kappa shape index (κ1) is 17.4. The molecule has 0 aromatic carbocycles. The minimum atomic E-state index is -4.54. The molecule has 136 valence electrons. The molecule has 0 spiro atoms. The molecule has 2 N–H and O–H groups in total. The van der Waals surface area contributed by atoms with Crippen molar-refractivity contribution in [1.29, 1.82) is 0 Å². The van der Waals surface area contributed by atoms with E-state index in [1.807, 2.05) is 0 Å². The van der Waals surface area contributed by atoms with E-state index < -0.39 is 28.3 Å². The predicted molar refractivity (Wildman–Crippen MR) is 85.6 cm³/mol. The topological polar surface area (TPSA) is 110 Å². The van der Waals surface area contributed by atoms with Crippen LogP contribution in [-0.2, 0) is 15.1 Å². The number of carbonyl (C=O) groups is 2. The van der Waals surface area contributed by atoms with Gasteiger partial charge in [0.05, 0.1) is 6.04 Å². The van der Waals surface area contributed by atoms with Gasteiger partial charge in [-0.15, -0.1) is 0 Å². The third-order valence-corrected chi connectivity index (χ3v) is 6.12. The van der Waals surface area contributed by atoms with Crippen LogP contribution >= 0.6 is 0 Å². The van der Waals surface area contributed by atoms with Crippen LogP contribution in [0.1, 0.15) is 32.1 Å². The lowest BCUT2D eigenvalue weighted by atomic mass is 10.0. The summed E-state index contributed by atoms with van der Waals surface area (Å²) in [6.45, 7) is 2.29. The molecule has 1 unspecified atom stereocenters. The first-order valence-corrected chi connectivity index (χ1v) is 9.75. The fraction of sp³-hybridized carbons (Fsp3) is 0.857. The van der Waals surface area contributed by atoms with Crippen LogP contribution in [0.15, 0.2) is 0 Å². The van der Waals surface area contributed by atoms with Gasteiger partial charge in [0.15, 0.2) is 0 Å². The van der Waals surface area contributed by atoms with Crippen molar-refractivity contribution < 1.29 is 22.6 Å². The zero-order chi connectivity index (χ0) is 17.5. The first-order chi connectivity index (χ1) is 11.3. The number of carbonyl (C=O) groups excluding carboxylic acids is 2. The van der Waals surface area contributed by atoms with Gasteiger partial charge in [0.25, 0.3) is 5.91 Å². The van der Waals surface area contributed by atoms with Gasteiger partial charge in [-0.1, -0.05) is 6.42 Å². The van der Waals surface area contributed by atoms with E-state index in [2.05, 4.69) is 17.3 Å². The molecule has 0 bridgehead atoms. The monoisotopic (exact) mass is 360 g/mol. The van der Waals surface area contributed by atoms with Gasteiger partial charge in [-0.2, -0.15) is 8.42 Å². The number of nitrogens with zero attached hydrogens (tertiary/aromatic N) is 3. The number of likely N-dealkylation sites (tertiary alicyclic amines) is 2. The Balaban J connectivity index is 1.59. The maximum absolute atomic E-state index is 12.5. The fourth-order valence-electron chi connectivity index (χ4n) is 3.85. The van der Waals surface area contributed by atoms with Crippen molar-refractivity contribution in [3.8, 4) is 0 Å². The van der Waals surface area contributed by atoms with Gasteiger partial charge in [0, 0.05) is 12.6 Å². The van der Waals surface area contributed by atoms with Crippen LogP contribution in [0.2, 0.25) is 0 Å². The molecule has 0 aromatic rings. The Labute approximate surface area is 141 Å². The Morgan fingerprint density at radius 2 is 1.92 bits per heavy atom. The largest absolute Gasteiger partial charge is 0.362 e. The summed E-state index contributed by atoms with van der Waals surface area (Å²) in [5.41, 5.74) is 0. The van der Waals surface area contributed by atoms with E-state index in [-0.39, 0.29) is 12.1 Å². The Kier molecular flexibility index (Phi) is 4.71. The molecule has 3 heterocycles. The van der Waals surface area contributed by atoms with Gasteiger partial charge < -0.3 is 15.1 Å². The minimum absolute atomic E-state index is 0.0622. The number of β-lactam (4-membered cyclic amide) rings is 1. The molecule has 3 rings (SSSR count). The zero-order valence-corrected chi connectivity index (χ0v) is 14.5. The lowest BCUT2D eigenvalue weighted by Gasteiger charge is -2.42. The van der Waals surface area contributed by atoms with Crippen LogP contribution in [0.5, 0.6) is 0 Å². The highest BCUT2D eigenvalue weighted by atomic mass is 32.2. The van der Waals surface area contributed by atoms with Gasteiger partial charge in [-0.05, 0) is 45.8 Å². The molecule has 0 saturated carbocycles. The molecule has 24 heavy (non-hydrogen) atoms. The summed E-state index contributed by atoms with van der Waals surface area (Å²) in [7, 11) is -2.48. The van der Waals surface area contributed by atoms with Gasteiger partial charge in [0.1, 0.15) is 6.04 Å². The van der Waals surface area contributed by atoms with E-state index in [1.165, 1.54) is 4.90 Å². The molecule has 3 atom stereocenters. The average Bonchev–Trinajstić information content (AvgIpc) is 2.83. The third kappa shape index (κ3) is 3.22. The molecule has 0 aromatic heterocycles. The molecular weight excluding hydrogens is 336 g/mol. The molecule has 10 heteroatoms. The molecular formula is C14H24N4O5S. The number of amides is 3. The highest BCUT2D eigenvalue weighted by Crippen LogP contribution is 2.35. The van der Waals surface area contributed by atoms with E-state index in [9.17, 15) is 18.0 Å². The Morgan fingerprint density at radius 1 is 1.17 bits per heavy atom. The van der Waals surface area contributed by atoms with Crippen molar-refractivity contribution in [2.45, 2.75) is 50.2 Å². The average molecular weight is 360 g/mol. The van der Waals surface area contributed by atoms with Crippen LogP contribution in [0.3, 0.4) is 0 Å². The van der Waals surface area contributed by atoms with Crippen LogP contribution in [0, 0.1) is 0 Å². The normalized spacial score (nSPS) is 31.9. The molecule has 3 amide bonds. The third-order valence-electron chi connectivity index (χ3n) is 5.18. The maximum atomic E-state index is 12.5. The van der Waals surface area contributed by atoms with Gasteiger partial charge >= 0.3 is 16.3 Å². The van der Waals surface area contributed by atoms with Crippen molar-refractivity contribution in [2.75, 3.05) is 26.7 Å². The number of nitrogens with one attached hydrogen (secondary N) is 1. The summed E-state index contributed by atoms with van der Waals surface area (Å²) in [5, 5.41) is 2.99. The van der Waals surface area contributed by atoms with E-state index in [0.29, 0.717) is 17.3 Å². The van der Waals surface area contributed by atoms with Crippen molar-refractivity contribution in [3.63, 3.8) is 0 Å². The summed E-state index contributed by atoms with van der Waals surface area (Å²) in [5.74, 6) is -0.729. The van der Waals surface area contributed by atoms with Gasteiger partial charge in [-0.25, -0.2) is 9.10 Å². The number of hydrogen-bond acceptors (Lipinski definition) is 5. The van der Waals surface area contributed by atoms with Crippen LogP contribution in [0.25, 0.3) is 0 Å². The van der Waals surface area contributed by atoms with Gasteiger partial charge in [-0.3, -0.25) is 9.35 Å². The van der Waals surface area contributed by atoms with E-state index in [4.69, 9.17) is 4.55 Å². The second kappa shape index (κ2) is 6.49. The number of hydrogen-bond donors (Lipinski definition) is 2. The zero-order valence-electron chi connectivity index (χ0n) is 13.7. The Bertz CT molecular complexity index is 625. The summed E-state index contributed by atoms with van der Waals surface area (Å²) >= 11 is 0. The summed E-state index contributed by atoms with van der Waals surface area (Å²) in [4.78, 5) is 28.1. The second-order valence-electron chi connectivity index (χ2n) is 6.84. The van der Waals surface area contributed by atoms with Crippen molar-refractivity contribution in [2.24, 2.45) is 0 Å². The molecule has 0 aliphatic carbocycles. The highest BCUT2D eigenvalue weighted by molar-refractivity contribution is 7.84. The number of urea groups is 1. The standard InChI is InChI=1S/C14H24N4O5S/c1-16-7-3-2-4-10(5-8-16)15-14(20)17-9-6-11-12(17)13(19)18(11)24(21,22)23/h10-12H,2-9H2,1H3,(H,15,20)(H,21,22,23)/t10?,11-,12+/m1/s1. The number of rotatable bonds is 2. The summed E-state index contributed by atoms with van der Waals surface area (Å²) < 4.78 is 32.0. The lowest BCUT2D eigenvalue weighted by molar-refractivity contribution is -0.143. The Morgan fingerprint density at radius 3 is 2.62 bits per heavy atom. The molecule has 9 nitrogen and oxygen atoms in total. The highest BCUT2D eigenvalue weighted by Gasteiger charge is 2.60. The molecule has 3 aliphatic rings. The van der Waals surface area contributed by atoms with Crippen molar-refractivity contribution in [1.82, 2.24) is 19.4 Å². The molecule has 3 saturated heterocycles. The molecule has 0 radical (unpaired) electrons. The molecule has 3 aliphatic heterocycles. The minimum Gasteiger partial charge on any atom is -0.335 e. The first-order valence-electron chi connectivity index (χ1n) is 8.35. The SMILES string of the molecule is CN1CCCCC(NC(=O)N2CC[C@@H]3[C@H]2C(=O)N3S(=O)(=O)O)CC1. The van der Waals surface area contributed by atoms with Crippen molar-refractivity contribution >= 4 is 22.2 Å². The molecule has 3 fully saturated rings. The van der Waals surface area contributed by atoms with E-state index in [1.54, 1.807) is 0 Å². The predicted octanol–water partition coefficient (Wildman–Crippen LogP) is -0.342. The quantitative estimate of drug-likeness (QED) is 0.515. The smallest absolute Gasteiger partial charge is 0.335 e. The van der Waals surface area contributed by atoms with Gasteiger partial charge in [0.2, 0.25) is 0 Å².